The molecule has 2 aromatic rings. The van der Waals surface area contributed by atoms with Crippen LogP contribution in [0.1, 0.15) is 16.1 Å². The second-order valence-electron chi connectivity index (χ2n) is 8.83. The Hall–Kier alpha value is -3.22. The number of nitrogens with one attached hydrogen (secondary N) is 1. The molecular formula is C23H31N7O4S. The SMILES string of the molecule is CN1CCN(c2ccc(N(Cc3ccc(C(=O)NN)cn3)C(=O)N3CCS(=O)(=O)CC3)cc2)CC1. The number of rotatable bonds is 5. The molecule has 0 radical (unpaired) electrons. The lowest BCUT2D eigenvalue weighted by Crippen LogP contribution is -2.49. The predicted octanol–water partition coefficient (Wildman–Crippen LogP) is 0.294. The molecule has 0 atom stereocenters. The second-order valence-corrected chi connectivity index (χ2v) is 11.1. The largest absolute Gasteiger partial charge is 0.369 e. The number of anilines is 2. The Bertz CT molecular complexity index is 1130. The van der Waals surface area contributed by atoms with Crippen LogP contribution in [-0.4, -0.2) is 93.0 Å². The van der Waals surface area contributed by atoms with Gasteiger partial charge >= 0.3 is 6.03 Å². The standard InChI is InChI=1S/C23H31N7O4S/c1-27-8-10-28(11-9-27)20-4-6-21(7-5-20)30(23(32)29-12-14-35(33,34)15-13-29)17-19-3-2-18(16-25-19)22(31)26-24/h2-7,16H,8-15,17,24H2,1H3,(H,26,31). The van der Waals surface area contributed by atoms with Crippen molar-refractivity contribution in [3.8, 4) is 0 Å². The summed E-state index contributed by atoms with van der Waals surface area (Å²) in [5.41, 5.74) is 4.74. The third kappa shape index (κ3) is 6.08. The van der Waals surface area contributed by atoms with Crippen LogP contribution in [0, 0.1) is 0 Å². The number of hydrogen-bond acceptors (Lipinski definition) is 8. The number of hydrazine groups is 1. The second kappa shape index (κ2) is 10.6. The highest BCUT2D eigenvalue weighted by atomic mass is 32.2. The maximum absolute atomic E-state index is 13.5. The Morgan fingerprint density at radius 3 is 2.23 bits per heavy atom. The first-order valence-electron chi connectivity index (χ1n) is 11.5. The molecule has 0 unspecified atom stereocenters. The van der Waals surface area contributed by atoms with Crippen LogP contribution in [0.3, 0.4) is 0 Å². The van der Waals surface area contributed by atoms with Crippen molar-refractivity contribution in [3.63, 3.8) is 0 Å². The van der Waals surface area contributed by atoms with E-state index in [1.807, 2.05) is 24.3 Å². The summed E-state index contributed by atoms with van der Waals surface area (Å²) >= 11 is 0. The minimum Gasteiger partial charge on any atom is -0.369 e. The molecule has 11 nitrogen and oxygen atoms in total. The molecule has 0 saturated carbocycles. The van der Waals surface area contributed by atoms with Crippen LogP contribution in [-0.2, 0) is 16.4 Å². The number of likely N-dealkylation sites (N-methyl/N-ethyl adjacent to an activating group) is 1. The lowest BCUT2D eigenvalue weighted by atomic mass is 10.2. The van der Waals surface area contributed by atoms with E-state index in [2.05, 4.69) is 27.3 Å². The third-order valence-electron chi connectivity index (χ3n) is 6.41. The smallest absolute Gasteiger partial charge is 0.324 e. The Morgan fingerprint density at radius 1 is 1.00 bits per heavy atom. The van der Waals surface area contributed by atoms with Gasteiger partial charge in [-0.2, -0.15) is 0 Å². The monoisotopic (exact) mass is 501 g/mol. The van der Waals surface area contributed by atoms with Crippen molar-refractivity contribution in [2.24, 2.45) is 5.84 Å². The minimum atomic E-state index is -3.12. The van der Waals surface area contributed by atoms with Gasteiger partial charge in [-0.15, -0.1) is 0 Å². The third-order valence-corrected chi connectivity index (χ3v) is 8.02. The van der Waals surface area contributed by atoms with Crippen molar-refractivity contribution < 1.29 is 18.0 Å². The van der Waals surface area contributed by atoms with Gasteiger partial charge in [-0.1, -0.05) is 0 Å². The number of sulfone groups is 1. The molecule has 1 aromatic carbocycles. The van der Waals surface area contributed by atoms with E-state index in [9.17, 15) is 18.0 Å². The highest BCUT2D eigenvalue weighted by Gasteiger charge is 2.29. The molecule has 1 aromatic heterocycles. The highest BCUT2D eigenvalue weighted by molar-refractivity contribution is 7.91. The van der Waals surface area contributed by atoms with E-state index in [0.717, 1.165) is 31.9 Å². The van der Waals surface area contributed by atoms with Gasteiger partial charge in [0.15, 0.2) is 9.84 Å². The van der Waals surface area contributed by atoms with Crippen LogP contribution < -0.4 is 21.1 Å². The number of pyridine rings is 1. The summed E-state index contributed by atoms with van der Waals surface area (Å²) in [5.74, 6) is 4.63. The van der Waals surface area contributed by atoms with Crippen LogP contribution in [0.15, 0.2) is 42.6 Å². The number of nitrogen functional groups attached to an aromatic ring is 1. The summed E-state index contributed by atoms with van der Waals surface area (Å²) in [7, 11) is -1.01. The Labute approximate surface area is 205 Å². The van der Waals surface area contributed by atoms with E-state index >= 15 is 0 Å². The normalized spacial score (nSPS) is 18.2. The number of carbonyl (C=O) groups excluding carboxylic acids is 2. The molecule has 2 aliphatic rings. The lowest BCUT2D eigenvalue weighted by molar-refractivity contribution is 0.0953. The molecule has 35 heavy (non-hydrogen) atoms. The number of amides is 3. The zero-order chi connectivity index (χ0) is 25.0. The molecule has 0 spiro atoms. The van der Waals surface area contributed by atoms with E-state index < -0.39 is 15.7 Å². The van der Waals surface area contributed by atoms with Crippen molar-refractivity contribution in [2.75, 3.05) is 67.6 Å². The van der Waals surface area contributed by atoms with Gasteiger partial charge in [-0.3, -0.25) is 20.1 Å². The minimum absolute atomic E-state index is 0.0456. The van der Waals surface area contributed by atoms with Gasteiger partial charge in [0.25, 0.3) is 5.91 Å². The van der Waals surface area contributed by atoms with Crippen LogP contribution in [0.25, 0.3) is 0 Å². The van der Waals surface area contributed by atoms with Gasteiger partial charge < -0.3 is 14.7 Å². The molecule has 188 valence electrons. The number of hydrogen-bond donors (Lipinski definition) is 2. The average Bonchev–Trinajstić information content (AvgIpc) is 2.87. The molecule has 3 heterocycles. The van der Waals surface area contributed by atoms with Gasteiger partial charge in [0.2, 0.25) is 0 Å². The molecular weight excluding hydrogens is 470 g/mol. The van der Waals surface area contributed by atoms with Crippen LogP contribution in [0.5, 0.6) is 0 Å². The van der Waals surface area contributed by atoms with E-state index in [0.29, 0.717) is 16.9 Å². The summed E-state index contributed by atoms with van der Waals surface area (Å²) in [5, 5.41) is 0. The molecule has 0 bridgehead atoms. The fourth-order valence-corrected chi connectivity index (χ4v) is 5.35. The Balaban J connectivity index is 1.56. The number of piperazine rings is 1. The number of nitrogens with two attached hydrogens (primary N) is 1. The fourth-order valence-electron chi connectivity index (χ4n) is 4.15. The first-order valence-corrected chi connectivity index (χ1v) is 13.3. The van der Waals surface area contributed by atoms with E-state index in [-0.39, 0.29) is 37.2 Å². The molecule has 4 rings (SSSR count). The van der Waals surface area contributed by atoms with Crippen LogP contribution in [0.4, 0.5) is 16.2 Å². The maximum atomic E-state index is 13.5. The average molecular weight is 502 g/mol. The Kier molecular flexibility index (Phi) is 7.53. The highest BCUT2D eigenvalue weighted by Crippen LogP contribution is 2.25. The van der Waals surface area contributed by atoms with Crippen molar-refractivity contribution in [1.82, 2.24) is 20.2 Å². The summed E-state index contributed by atoms with van der Waals surface area (Å²) in [6.45, 7) is 4.34. The Morgan fingerprint density at radius 2 is 1.66 bits per heavy atom. The van der Waals surface area contributed by atoms with Crippen molar-refractivity contribution in [2.45, 2.75) is 6.54 Å². The van der Waals surface area contributed by atoms with Gasteiger partial charge in [-0.05, 0) is 43.4 Å². The number of aromatic nitrogens is 1. The predicted molar refractivity (Wildman–Crippen MR) is 134 cm³/mol. The number of nitrogens with zero attached hydrogens (tertiary/aromatic N) is 5. The molecule has 0 aliphatic carbocycles. The molecule has 3 amide bonds. The topological polar surface area (TPSA) is 132 Å². The maximum Gasteiger partial charge on any atom is 0.324 e. The number of urea groups is 1. The van der Waals surface area contributed by atoms with Crippen molar-refractivity contribution >= 4 is 33.2 Å². The molecule has 2 aliphatic heterocycles. The molecule has 2 fully saturated rings. The van der Waals surface area contributed by atoms with Crippen molar-refractivity contribution in [3.05, 3.63) is 53.9 Å². The summed E-state index contributed by atoms with van der Waals surface area (Å²) in [6, 6.07) is 10.8. The van der Waals surface area contributed by atoms with Gasteiger partial charge in [0, 0.05) is 56.8 Å². The van der Waals surface area contributed by atoms with Crippen molar-refractivity contribution in [1.29, 1.82) is 0 Å². The van der Waals surface area contributed by atoms with Gasteiger partial charge in [0.05, 0.1) is 29.3 Å². The first-order chi connectivity index (χ1) is 16.8. The summed E-state index contributed by atoms with van der Waals surface area (Å²) in [6.07, 6.45) is 1.41. The molecule has 2 saturated heterocycles. The fraction of sp³-hybridized carbons (Fsp3) is 0.435. The zero-order valence-electron chi connectivity index (χ0n) is 19.8. The summed E-state index contributed by atoms with van der Waals surface area (Å²) < 4.78 is 23.7. The van der Waals surface area contributed by atoms with Crippen LogP contribution in [0.2, 0.25) is 0 Å². The quantitative estimate of drug-likeness (QED) is 0.340. The summed E-state index contributed by atoms with van der Waals surface area (Å²) in [4.78, 5) is 37.3. The van der Waals surface area contributed by atoms with E-state index in [4.69, 9.17) is 5.84 Å². The lowest BCUT2D eigenvalue weighted by Gasteiger charge is -2.35. The van der Waals surface area contributed by atoms with Crippen LogP contribution >= 0.6 is 0 Å². The number of carbonyl (C=O) groups is 2. The van der Waals surface area contributed by atoms with E-state index in [1.54, 1.807) is 21.9 Å². The van der Waals surface area contributed by atoms with Gasteiger partial charge in [0.1, 0.15) is 0 Å². The van der Waals surface area contributed by atoms with Gasteiger partial charge in [-0.25, -0.2) is 19.1 Å². The zero-order valence-corrected chi connectivity index (χ0v) is 20.6. The van der Waals surface area contributed by atoms with E-state index in [1.165, 1.54) is 6.20 Å². The number of benzene rings is 1. The first kappa shape index (κ1) is 24.9. The molecule has 3 N–H and O–H groups in total. The molecule has 12 heteroatoms.